The standard InChI is InChI=1S/3C8H18N.C5H4F3Ge.Hf/c3*1-3-5-7-9-8-6-4-2;6-9(7,8)5-3-1-2-4-5;/h3*3-8H2,1-2H3;1-4H;/q4*-1;+4. The van der Waals surface area contributed by atoms with E-state index in [1.54, 1.807) is 0 Å². The summed E-state index contributed by atoms with van der Waals surface area (Å²) < 4.78 is 35.0. The van der Waals surface area contributed by atoms with Crippen molar-refractivity contribution in [3.8, 4) is 0 Å². The fourth-order valence-electron chi connectivity index (χ4n) is 2.52. The quantitative estimate of drug-likeness (QED) is 0.0767. The van der Waals surface area contributed by atoms with Gasteiger partial charge in [0.15, 0.2) is 0 Å². The number of halogens is 3. The average Bonchev–Trinajstić information content (AvgIpc) is 3.41. The molecule has 0 saturated carbocycles. The summed E-state index contributed by atoms with van der Waals surface area (Å²) in [6.45, 7) is 19.7. The molecule has 0 aromatic heterocycles. The van der Waals surface area contributed by atoms with Gasteiger partial charge in [-0.1, -0.05) is 119 Å². The first-order valence-corrected chi connectivity index (χ1v) is 18.0. The van der Waals surface area contributed by atoms with Crippen LogP contribution in [-0.2, 0) is 25.8 Å². The molecule has 0 bridgehead atoms. The van der Waals surface area contributed by atoms with E-state index >= 15 is 0 Å². The Labute approximate surface area is 252 Å². The maximum atomic E-state index is 11.8. The van der Waals surface area contributed by atoms with Gasteiger partial charge in [-0.3, -0.25) is 0 Å². The van der Waals surface area contributed by atoms with Crippen LogP contribution in [0.1, 0.15) is 119 Å². The Bertz CT molecular complexity index is 424. The van der Waals surface area contributed by atoms with Crippen molar-refractivity contribution in [3.05, 3.63) is 40.2 Å². The Kier molecular flexibility index (Phi) is 46.4. The van der Waals surface area contributed by atoms with Gasteiger partial charge in [-0.25, -0.2) is 0 Å². The molecule has 0 heterocycles. The molecule has 37 heavy (non-hydrogen) atoms. The molecule has 1 aromatic carbocycles. The van der Waals surface area contributed by atoms with Crippen molar-refractivity contribution < 1.29 is 36.3 Å². The predicted molar refractivity (Wildman–Crippen MR) is 159 cm³/mol. The van der Waals surface area contributed by atoms with E-state index in [0.29, 0.717) is 0 Å². The zero-order valence-electron chi connectivity index (χ0n) is 25.0. The third-order valence-corrected chi connectivity index (χ3v) is 7.08. The monoisotopic (exact) mass is 759 g/mol. The largest absolute Gasteiger partial charge is 4.00 e. The molecular formula is C29H58F3GeHfN3. The summed E-state index contributed by atoms with van der Waals surface area (Å²) in [6, 6.07) is 5.07. The van der Waals surface area contributed by atoms with Crippen molar-refractivity contribution in [3.63, 3.8) is 0 Å². The van der Waals surface area contributed by atoms with Gasteiger partial charge in [0.25, 0.3) is 0 Å². The summed E-state index contributed by atoms with van der Waals surface area (Å²) in [6.07, 6.45) is 15.2. The number of hydrogen-bond acceptors (Lipinski definition) is 0. The van der Waals surface area contributed by atoms with Crippen LogP contribution in [0.5, 0.6) is 0 Å². The SMILES string of the molecule is CCCC[N-]CCCC.CCCC[N-]CCCC.CCCC[N-]CCCC.[F][Ge]([F])([F])[c-]1cccc1.[Hf+4]. The molecule has 0 aliphatic heterocycles. The second-order valence-electron chi connectivity index (χ2n) is 8.81. The molecule has 0 amide bonds. The summed E-state index contributed by atoms with van der Waals surface area (Å²) in [5.41, 5.74) is 0. The molecule has 0 spiro atoms. The number of unbranched alkanes of at least 4 members (excludes halogenated alkanes) is 6. The maximum absolute atomic E-state index is 11.8. The fraction of sp³-hybridized carbons (Fsp3) is 0.828. The maximum Gasteiger partial charge on any atom is 4.00 e. The molecule has 0 radical (unpaired) electrons. The average molecular weight is 757 g/mol. The molecule has 218 valence electrons. The molecule has 0 aliphatic carbocycles. The summed E-state index contributed by atoms with van der Waals surface area (Å²) >= 11 is -5.94. The Balaban J connectivity index is -0.000000194. The van der Waals surface area contributed by atoms with Crippen LogP contribution < -0.4 is 4.40 Å². The second-order valence-corrected chi connectivity index (χ2v) is 12.1. The normalized spacial score (nSPS) is 10.2. The summed E-state index contributed by atoms with van der Waals surface area (Å²) in [4.78, 5) is 0. The van der Waals surface area contributed by atoms with Gasteiger partial charge in [0.05, 0.1) is 0 Å². The van der Waals surface area contributed by atoms with Crippen molar-refractivity contribution >= 4 is 19.1 Å². The van der Waals surface area contributed by atoms with Gasteiger partial charge >= 0.3 is 79.7 Å². The van der Waals surface area contributed by atoms with Crippen LogP contribution in [0.3, 0.4) is 0 Å². The van der Waals surface area contributed by atoms with E-state index in [0.717, 1.165) is 51.4 Å². The molecule has 1 aromatic rings. The van der Waals surface area contributed by atoms with E-state index in [1.807, 2.05) is 0 Å². The van der Waals surface area contributed by atoms with Gasteiger partial charge in [0.1, 0.15) is 0 Å². The first kappa shape index (κ1) is 44.5. The smallest absolute Gasteiger partial charge is 4.00 e. The molecule has 8 heteroatoms. The topological polar surface area (TPSA) is 42.3 Å². The van der Waals surface area contributed by atoms with Gasteiger partial charge in [0.2, 0.25) is 0 Å². The first-order chi connectivity index (χ1) is 17.3. The molecule has 3 nitrogen and oxygen atoms in total. The number of hydrogen-bond donors (Lipinski definition) is 0. The van der Waals surface area contributed by atoms with Crippen LogP contribution in [0, 0.1) is 0 Å². The van der Waals surface area contributed by atoms with Crippen LogP contribution >= 0.6 is 0 Å². The fourth-order valence-corrected chi connectivity index (χ4v) is 3.71. The third-order valence-electron chi connectivity index (χ3n) is 5.01. The Morgan fingerprint density at radius 3 is 0.838 bits per heavy atom. The van der Waals surface area contributed by atoms with Crippen molar-refractivity contribution in [2.45, 2.75) is 119 Å². The minimum atomic E-state index is -5.94. The summed E-state index contributed by atoms with van der Waals surface area (Å²) in [5, 5.41) is 13.1. The van der Waals surface area contributed by atoms with Crippen LogP contribution in [0.25, 0.3) is 16.0 Å². The minimum Gasteiger partial charge on any atom is 4.00 e. The van der Waals surface area contributed by atoms with E-state index in [4.69, 9.17) is 0 Å². The number of rotatable bonds is 19. The molecule has 1 rings (SSSR count). The third kappa shape index (κ3) is 43.7. The van der Waals surface area contributed by atoms with Gasteiger partial charge in [-0.05, 0) is 0 Å². The van der Waals surface area contributed by atoms with Gasteiger partial charge in [-0.2, -0.15) is 0 Å². The second kappa shape index (κ2) is 38.6. The zero-order chi connectivity index (χ0) is 27.8. The first-order valence-electron chi connectivity index (χ1n) is 14.5. The Morgan fingerprint density at radius 2 is 0.703 bits per heavy atom. The van der Waals surface area contributed by atoms with E-state index in [1.165, 1.54) is 89.2 Å². The van der Waals surface area contributed by atoms with Gasteiger partial charge in [-0.15, -0.1) is 39.3 Å². The Hall–Kier alpha value is 0.433. The van der Waals surface area contributed by atoms with Crippen molar-refractivity contribution in [1.82, 2.24) is 0 Å². The number of nitrogens with zero attached hydrogens (tertiary/aromatic N) is 3. The molecule has 0 N–H and O–H groups in total. The van der Waals surface area contributed by atoms with Crippen molar-refractivity contribution in [1.29, 1.82) is 0 Å². The summed E-state index contributed by atoms with van der Waals surface area (Å²) in [5.74, 6) is 0. The van der Waals surface area contributed by atoms with Gasteiger partial charge < -0.3 is 16.0 Å². The van der Waals surface area contributed by atoms with Crippen LogP contribution in [0.4, 0.5) is 10.5 Å². The molecular weight excluding hydrogens is 698 g/mol. The van der Waals surface area contributed by atoms with Crippen molar-refractivity contribution in [2.75, 3.05) is 39.3 Å². The van der Waals surface area contributed by atoms with E-state index in [9.17, 15) is 10.5 Å². The van der Waals surface area contributed by atoms with Gasteiger partial charge in [0, 0.05) is 0 Å². The zero-order valence-corrected chi connectivity index (χ0v) is 30.7. The Morgan fingerprint density at radius 1 is 0.486 bits per heavy atom. The van der Waals surface area contributed by atoms with E-state index in [-0.39, 0.29) is 25.8 Å². The van der Waals surface area contributed by atoms with Crippen LogP contribution in [-0.4, -0.2) is 53.9 Å². The summed E-state index contributed by atoms with van der Waals surface area (Å²) in [7, 11) is 0. The molecule has 0 fully saturated rings. The van der Waals surface area contributed by atoms with Crippen LogP contribution in [0.15, 0.2) is 24.3 Å². The predicted octanol–water partition coefficient (Wildman–Crippen LogP) is 10.3. The molecule has 0 atom stereocenters. The molecule has 0 aliphatic rings. The van der Waals surface area contributed by atoms with E-state index < -0.39 is 19.1 Å². The van der Waals surface area contributed by atoms with E-state index in [2.05, 4.69) is 57.5 Å². The molecule has 0 saturated heterocycles. The minimum absolute atomic E-state index is 0. The van der Waals surface area contributed by atoms with Crippen LogP contribution in [0.2, 0.25) is 0 Å². The van der Waals surface area contributed by atoms with Crippen molar-refractivity contribution in [2.24, 2.45) is 0 Å². The molecule has 0 unspecified atom stereocenters.